The third-order valence-corrected chi connectivity index (χ3v) is 14.0. The molecule has 8 amide bonds. The molecule has 0 bridgehead atoms. The minimum atomic E-state index is -1.34. The molecule has 6 rings (SSSR count). The molecule has 0 saturated carbocycles. The molecule has 0 unspecified atom stereocenters. The van der Waals surface area contributed by atoms with Crippen LogP contribution in [0.25, 0.3) is 21.7 Å². The van der Waals surface area contributed by atoms with E-state index in [4.69, 9.17) is 17.2 Å². The second-order valence-corrected chi connectivity index (χ2v) is 19.8. The fourth-order valence-corrected chi connectivity index (χ4v) is 9.40. The summed E-state index contributed by atoms with van der Waals surface area (Å²) in [7, 11) is 0. The number of carbonyl (C=O) groups excluding carboxylic acids is 8. The molecular formula is C57H69N11O9S2. The molecule has 22 heteroatoms. The van der Waals surface area contributed by atoms with Gasteiger partial charge in [0.25, 0.3) is 0 Å². The van der Waals surface area contributed by atoms with Crippen LogP contribution in [0.3, 0.4) is 0 Å². The molecule has 79 heavy (non-hydrogen) atoms. The molecule has 5 aromatic carbocycles. The van der Waals surface area contributed by atoms with Gasteiger partial charge in [-0.25, -0.2) is 0 Å². The van der Waals surface area contributed by atoms with E-state index in [-0.39, 0.29) is 62.3 Å². The van der Waals surface area contributed by atoms with Crippen LogP contribution in [0, 0.1) is 0 Å². The molecule has 0 aliphatic heterocycles. The maximum absolute atomic E-state index is 14.6. The number of carbonyl (C=O) groups is 8. The van der Waals surface area contributed by atoms with E-state index in [2.05, 4.69) is 67.5 Å². The minimum Gasteiger partial charge on any atom is -0.508 e. The summed E-state index contributed by atoms with van der Waals surface area (Å²) < 4.78 is 0. The largest absolute Gasteiger partial charge is 0.508 e. The first-order valence-electron chi connectivity index (χ1n) is 26.0. The van der Waals surface area contributed by atoms with Crippen LogP contribution in [-0.4, -0.2) is 118 Å². The van der Waals surface area contributed by atoms with Gasteiger partial charge in [0.1, 0.15) is 48.0 Å². The van der Waals surface area contributed by atoms with Gasteiger partial charge in [0.2, 0.25) is 47.3 Å². The first kappa shape index (κ1) is 60.3. The van der Waals surface area contributed by atoms with Crippen LogP contribution in [0.2, 0.25) is 0 Å². The number of fused-ring (bicyclic) bond motifs is 2. The SMILES string of the molecule is NCCCC[C@H](NC(=O)[C@@H](Cc1c[nH]c2ccccc12)NC(=O)[C@H](Cc1ccc(O)cc1)NC(=O)[C@@H](CS)NC(=O)[C@@H](N)c1ccccc1)C(=O)NCCCC(=O)N[C@H](CS)C(=O)N[C@@H](Cc1cccc2ccccc12)C(N)=O. The number of aromatic nitrogens is 1. The number of unbranched alkanes of at least 4 members (excludes halogenated alkanes) is 1. The highest BCUT2D eigenvalue weighted by Gasteiger charge is 2.33. The lowest BCUT2D eigenvalue weighted by molar-refractivity contribution is -0.134. The lowest BCUT2D eigenvalue weighted by Gasteiger charge is -2.27. The number of nitrogens with two attached hydrogens (primary N) is 3. The van der Waals surface area contributed by atoms with E-state index in [9.17, 15) is 43.5 Å². The van der Waals surface area contributed by atoms with Gasteiger partial charge in [-0.3, -0.25) is 38.4 Å². The third-order valence-electron chi connectivity index (χ3n) is 13.3. The van der Waals surface area contributed by atoms with Crippen molar-refractivity contribution in [2.45, 2.75) is 93.7 Å². The van der Waals surface area contributed by atoms with Gasteiger partial charge in [-0.15, -0.1) is 0 Å². The molecule has 15 N–H and O–H groups in total. The van der Waals surface area contributed by atoms with Crippen molar-refractivity contribution in [1.29, 1.82) is 0 Å². The third kappa shape index (κ3) is 17.8. The Morgan fingerprint density at radius 3 is 1.76 bits per heavy atom. The van der Waals surface area contributed by atoms with Crippen LogP contribution >= 0.6 is 25.3 Å². The summed E-state index contributed by atoms with van der Waals surface area (Å²) in [5.41, 5.74) is 21.0. The predicted octanol–water partition coefficient (Wildman–Crippen LogP) is 2.03. The van der Waals surface area contributed by atoms with Gasteiger partial charge in [0.05, 0.1) is 0 Å². The Morgan fingerprint density at radius 1 is 0.532 bits per heavy atom. The minimum absolute atomic E-state index is 0.00208. The number of hydrogen-bond acceptors (Lipinski definition) is 13. The second kappa shape index (κ2) is 30.3. The molecule has 418 valence electrons. The molecule has 0 radical (unpaired) electrons. The monoisotopic (exact) mass is 1120 g/mol. The van der Waals surface area contributed by atoms with Crippen LogP contribution in [0.1, 0.15) is 60.4 Å². The number of phenolic OH excluding ortho intramolecular Hbond substituents is 1. The standard InChI is InChI=1S/C57H69N11O9S2/c58-26-9-8-20-43(52(72)61-27-11-21-49(70)63-47(32-78)55(75)65-44(51(60)71)29-37-16-10-15-35-12-4-5-17-40(35)37)64-54(74)46(30-38-31-62-42-19-7-6-18-41(38)42)67-53(73)45(28-34-22-24-39(69)25-23-34)66-56(76)48(33-79)68-57(77)50(59)36-13-2-1-3-14-36/h1-7,10,12-19,22-25,31,43-48,50,62,69,78-79H,8-9,11,20-21,26-30,32-33,58-59H2,(H2,60,71)(H,61,72)(H,63,70)(H,64,74)(H,65,75)(H,66,76)(H,67,73)(H,68,77)/t43-,44-,45-,46+,47+,48+,50-/m0/s1. The number of rotatable bonds is 30. The van der Waals surface area contributed by atoms with Crippen molar-refractivity contribution in [2.24, 2.45) is 17.2 Å². The highest BCUT2D eigenvalue weighted by atomic mass is 32.1. The maximum atomic E-state index is 14.6. The van der Waals surface area contributed by atoms with Gasteiger partial charge in [-0.2, -0.15) is 25.3 Å². The average molecular weight is 1120 g/mol. The normalized spacial score (nSPS) is 13.8. The maximum Gasteiger partial charge on any atom is 0.244 e. The molecule has 1 aromatic heterocycles. The van der Waals surface area contributed by atoms with Crippen molar-refractivity contribution in [2.75, 3.05) is 24.6 Å². The molecular weight excluding hydrogens is 1050 g/mol. The molecule has 0 spiro atoms. The molecule has 0 aliphatic carbocycles. The van der Waals surface area contributed by atoms with Gasteiger partial charge in [-0.05, 0) is 83.5 Å². The fraction of sp³-hybridized carbons (Fsp3) is 0.333. The molecule has 0 fully saturated rings. The molecule has 7 atom stereocenters. The van der Waals surface area contributed by atoms with Gasteiger partial charge in [0, 0.05) is 60.8 Å². The van der Waals surface area contributed by atoms with Gasteiger partial charge in [0.15, 0.2) is 0 Å². The molecule has 6 aromatic rings. The van der Waals surface area contributed by atoms with Crippen molar-refractivity contribution in [3.8, 4) is 5.75 Å². The number of phenols is 1. The zero-order valence-corrected chi connectivity index (χ0v) is 45.3. The Bertz CT molecular complexity index is 3050. The molecule has 20 nitrogen and oxygen atoms in total. The summed E-state index contributed by atoms with van der Waals surface area (Å²) in [5.74, 6) is -5.68. The Hall–Kier alpha value is -7.92. The van der Waals surface area contributed by atoms with E-state index in [0.29, 0.717) is 36.1 Å². The van der Waals surface area contributed by atoms with Gasteiger partial charge < -0.3 is 64.5 Å². The molecule has 1 heterocycles. The Kier molecular flexibility index (Phi) is 23.1. The summed E-state index contributed by atoms with van der Waals surface area (Å²) in [6, 6.07) is 26.9. The number of thiol groups is 2. The highest BCUT2D eigenvalue weighted by molar-refractivity contribution is 7.80. The van der Waals surface area contributed by atoms with Crippen LogP contribution in [0.4, 0.5) is 0 Å². The zero-order chi connectivity index (χ0) is 56.8. The number of hydrogen-bond donors (Lipinski definition) is 14. The second-order valence-electron chi connectivity index (χ2n) is 19.0. The molecule has 0 aliphatic rings. The predicted molar refractivity (Wildman–Crippen MR) is 308 cm³/mol. The highest BCUT2D eigenvalue weighted by Crippen LogP contribution is 2.22. The van der Waals surface area contributed by atoms with E-state index in [1.54, 1.807) is 48.7 Å². The Balaban J connectivity index is 1.12. The first-order valence-corrected chi connectivity index (χ1v) is 27.3. The van der Waals surface area contributed by atoms with Crippen LogP contribution in [-0.2, 0) is 57.6 Å². The molecule has 0 saturated heterocycles. The first-order chi connectivity index (χ1) is 38.1. The van der Waals surface area contributed by atoms with E-state index in [1.807, 2.05) is 66.7 Å². The van der Waals surface area contributed by atoms with Crippen molar-refractivity contribution in [3.63, 3.8) is 0 Å². The number of aromatic hydroxyl groups is 1. The fourth-order valence-electron chi connectivity index (χ4n) is 8.88. The number of H-pyrrole nitrogens is 1. The Morgan fingerprint density at radius 2 is 1.09 bits per heavy atom. The van der Waals surface area contributed by atoms with E-state index in [1.165, 1.54) is 12.1 Å². The summed E-state index contributed by atoms with van der Waals surface area (Å²) in [6.07, 6.45) is 2.84. The van der Waals surface area contributed by atoms with E-state index < -0.39 is 89.6 Å². The number of benzene rings is 5. The van der Waals surface area contributed by atoms with E-state index >= 15 is 0 Å². The smallest absolute Gasteiger partial charge is 0.244 e. The quantitative estimate of drug-likeness (QED) is 0.0229. The number of amides is 8. The zero-order valence-electron chi connectivity index (χ0n) is 43.5. The van der Waals surface area contributed by atoms with Crippen molar-refractivity contribution in [1.82, 2.24) is 42.2 Å². The van der Waals surface area contributed by atoms with Crippen LogP contribution in [0.15, 0.2) is 128 Å². The van der Waals surface area contributed by atoms with E-state index in [0.717, 1.165) is 27.2 Å². The topological polar surface area (TPSA) is 335 Å². The van der Waals surface area contributed by atoms with Gasteiger partial charge in [-0.1, -0.05) is 103 Å². The summed E-state index contributed by atoms with van der Waals surface area (Å²) >= 11 is 8.58. The number of aromatic amines is 1. The van der Waals surface area contributed by atoms with Crippen LogP contribution in [0.5, 0.6) is 5.75 Å². The van der Waals surface area contributed by atoms with Crippen molar-refractivity contribution in [3.05, 3.63) is 150 Å². The Labute approximate surface area is 468 Å². The average Bonchev–Trinajstić information content (AvgIpc) is 3.88. The number of nitrogens with one attached hydrogen (secondary N) is 8. The van der Waals surface area contributed by atoms with Crippen molar-refractivity contribution < 1.29 is 43.5 Å². The summed E-state index contributed by atoms with van der Waals surface area (Å²) in [5, 5.41) is 31.7. The number of primary amides is 1. The lowest BCUT2D eigenvalue weighted by Crippen LogP contribution is -2.59. The van der Waals surface area contributed by atoms with Crippen LogP contribution < -0.4 is 54.4 Å². The summed E-state index contributed by atoms with van der Waals surface area (Å²) in [6.45, 7) is 0.323. The van der Waals surface area contributed by atoms with Crippen molar-refractivity contribution >= 4 is 94.2 Å². The van der Waals surface area contributed by atoms with Gasteiger partial charge >= 0.3 is 0 Å². The number of para-hydroxylation sites is 1. The lowest BCUT2D eigenvalue weighted by atomic mass is 9.98. The summed E-state index contributed by atoms with van der Waals surface area (Å²) in [4.78, 5) is 112.